The molecule has 8 nitrogen and oxygen atoms in total. The minimum absolute atomic E-state index is 0.0658. The molecule has 3 aromatic rings. The van der Waals surface area contributed by atoms with Gasteiger partial charge in [0.05, 0.1) is 24.7 Å². The first-order valence-electron chi connectivity index (χ1n) is 13.3. The van der Waals surface area contributed by atoms with Crippen molar-refractivity contribution in [1.82, 2.24) is 5.32 Å². The van der Waals surface area contributed by atoms with E-state index in [1.807, 2.05) is 35.7 Å². The van der Waals surface area contributed by atoms with E-state index in [2.05, 4.69) is 5.32 Å². The molecule has 1 aliphatic carbocycles. The van der Waals surface area contributed by atoms with Crippen LogP contribution in [0.1, 0.15) is 65.1 Å². The Hall–Kier alpha value is -4.78. The number of halogens is 2. The van der Waals surface area contributed by atoms with Crippen molar-refractivity contribution < 1.29 is 28.3 Å². The zero-order chi connectivity index (χ0) is 29.4. The second kappa shape index (κ2) is 13.0. The molecule has 212 valence electrons. The Morgan fingerprint density at radius 2 is 1.66 bits per heavy atom. The molecule has 0 saturated heterocycles. The number of aliphatic carboxylic acids is 1. The SMILES string of the molecule is N#Cc1cccc(NC(=O)N(Cc2ccc(C(=O)NCC(F)(F)C(=O)O)cc2)c2ccc(C3CCCCC3)cc2)c1. The number of carbonyl (C=O) groups excluding carboxylic acids is 2. The molecule has 3 amide bonds. The van der Waals surface area contributed by atoms with Crippen molar-refractivity contribution in [2.45, 2.75) is 50.5 Å². The van der Waals surface area contributed by atoms with Crippen LogP contribution in [0.25, 0.3) is 0 Å². The van der Waals surface area contributed by atoms with E-state index in [9.17, 15) is 28.4 Å². The number of anilines is 2. The minimum Gasteiger partial charge on any atom is -0.477 e. The third-order valence-corrected chi connectivity index (χ3v) is 7.11. The van der Waals surface area contributed by atoms with Crippen molar-refractivity contribution in [2.75, 3.05) is 16.8 Å². The van der Waals surface area contributed by atoms with E-state index in [0.717, 1.165) is 12.8 Å². The van der Waals surface area contributed by atoms with Gasteiger partial charge in [0, 0.05) is 16.9 Å². The highest BCUT2D eigenvalue weighted by atomic mass is 19.3. The van der Waals surface area contributed by atoms with Gasteiger partial charge >= 0.3 is 17.9 Å². The number of carboxylic acids is 1. The van der Waals surface area contributed by atoms with Crippen molar-refractivity contribution >= 4 is 29.3 Å². The number of nitrogens with zero attached hydrogens (tertiary/aromatic N) is 2. The van der Waals surface area contributed by atoms with Gasteiger partial charge in [-0.3, -0.25) is 9.69 Å². The second-order valence-electron chi connectivity index (χ2n) is 10.0. The molecular formula is C31H30F2N4O4. The Morgan fingerprint density at radius 3 is 2.29 bits per heavy atom. The number of amides is 3. The van der Waals surface area contributed by atoms with Crippen LogP contribution in [0.2, 0.25) is 0 Å². The average molecular weight is 561 g/mol. The molecule has 1 saturated carbocycles. The van der Waals surface area contributed by atoms with E-state index in [-0.39, 0.29) is 12.1 Å². The van der Waals surface area contributed by atoms with Crippen molar-refractivity contribution in [1.29, 1.82) is 5.26 Å². The first-order chi connectivity index (χ1) is 19.7. The molecule has 0 unspecified atom stereocenters. The number of hydrogen-bond acceptors (Lipinski definition) is 4. The van der Waals surface area contributed by atoms with E-state index in [1.54, 1.807) is 36.4 Å². The van der Waals surface area contributed by atoms with Gasteiger partial charge in [-0.25, -0.2) is 9.59 Å². The number of rotatable bonds is 9. The molecule has 4 rings (SSSR count). The number of urea groups is 1. The van der Waals surface area contributed by atoms with Crippen LogP contribution < -0.4 is 15.5 Å². The van der Waals surface area contributed by atoms with Crippen LogP contribution in [0.4, 0.5) is 25.0 Å². The Kier molecular flexibility index (Phi) is 9.30. The molecule has 0 atom stereocenters. The van der Waals surface area contributed by atoms with Crippen molar-refractivity contribution in [3.8, 4) is 6.07 Å². The van der Waals surface area contributed by atoms with Crippen LogP contribution in [0, 0.1) is 11.3 Å². The topological polar surface area (TPSA) is 123 Å². The largest absolute Gasteiger partial charge is 0.477 e. The summed E-state index contributed by atoms with van der Waals surface area (Å²) in [6.07, 6.45) is 5.96. The fourth-order valence-electron chi connectivity index (χ4n) is 4.81. The lowest BCUT2D eigenvalue weighted by molar-refractivity contribution is -0.163. The highest BCUT2D eigenvalue weighted by molar-refractivity contribution is 6.01. The Labute approximate surface area is 236 Å². The lowest BCUT2D eigenvalue weighted by Crippen LogP contribution is -2.42. The summed E-state index contributed by atoms with van der Waals surface area (Å²) in [5.41, 5.74) is 3.48. The van der Waals surface area contributed by atoms with Gasteiger partial charge in [-0.05, 0) is 72.4 Å². The van der Waals surface area contributed by atoms with Crippen LogP contribution in [0.5, 0.6) is 0 Å². The molecule has 0 spiro atoms. The predicted octanol–water partition coefficient (Wildman–Crippen LogP) is 6.29. The molecule has 0 aromatic heterocycles. The molecule has 3 aromatic carbocycles. The summed E-state index contributed by atoms with van der Waals surface area (Å²) in [5, 5.41) is 22.5. The Morgan fingerprint density at radius 1 is 0.976 bits per heavy atom. The molecule has 41 heavy (non-hydrogen) atoms. The molecular weight excluding hydrogens is 530 g/mol. The lowest BCUT2D eigenvalue weighted by Gasteiger charge is -2.26. The van der Waals surface area contributed by atoms with Crippen LogP contribution in [-0.4, -0.2) is 35.5 Å². The van der Waals surface area contributed by atoms with E-state index >= 15 is 0 Å². The number of benzene rings is 3. The van der Waals surface area contributed by atoms with E-state index in [4.69, 9.17) is 5.11 Å². The first kappa shape index (κ1) is 29.2. The van der Waals surface area contributed by atoms with Gasteiger partial charge in [-0.1, -0.05) is 49.6 Å². The summed E-state index contributed by atoms with van der Waals surface area (Å²) in [4.78, 5) is 37.8. The molecule has 0 heterocycles. The molecule has 10 heteroatoms. The van der Waals surface area contributed by atoms with Crippen molar-refractivity contribution in [3.05, 3.63) is 95.1 Å². The average Bonchev–Trinajstić information content (AvgIpc) is 2.99. The van der Waals surface area contributed by atoms with Crippen molar-refractivity contribution in [2.24, 2.45) is 0 Å². The summed E-state index contributed by atoms with van der Waals surface area (Å²) in [5.74, 6) is -6.74. The van der Waals surface area contributed by atoms with Gasteiger partial charge in [0.15, 0.2) is 0 Å². The van der Waals surface area contributed by atoms with E-state index in [1.165, 1.54) is 41.9 Å². The third-order valence-electron chi connectivity index (χ3n) is 7.11. The van der Waals surface area contributed by atoms with Crippen LogP contribution in [0.3, 0.4) is 0 Å². The highest BCUT2D eigenvalue weighted by Crippen LogP contribution is 2.33. The van der Waals surface area contributed by atoms with Crippen molar-refractivity contribution in [3.63, 3.8) is 0 Å². The maximum Gasteiger partial charge on any atom is 0.376 e. The quantitative estimate of drug-likeness (QED) is 0.284. The van der Waals surface area contributed by atoms with E-state index in [0.29, 0.717) is 28.4 Å². The summed E-state index contributed by atoms with van der Waals surface area (Å²) >= 11 is 0. The zero-order valence-corrected chi connectivity index (χ0v) is 22.3. The number of alkyl halides is 2. The maximum atomic E-state index is 13.5. The number of nitrogens with one attached hydrogen (secondary N) is 2. The third kappa shape index (κ3) is 7.66. The van der Waals surface area contributed by atoms with Crippen LogP contribution in [0.15, 0.2) is 72.8 Å². The summed E-state index contributed by atoms with van der Waals surface area (Å²) in [6, 6.07) is 22.1. The standard InChI is InChI=1S/C31H30F2N4O4/c32-31(33,29(39)40)20-35-28(38)25-11-9-21(10-12-25)19-37(30(41)36-26-8-4-5-22(17-26)18-34)27-15-13-24(14-16-27)23-6-2-1-3-7-23/h4-5,8-17,23H,1-3,6-7,19-20H2,(H,35,38)(H,36,41)(H,39,40). The van der Waals surface area contributed by atoms with Gasteiger partial charge in [-0.2, -0.15) is 14.0 Å². The summed E-state index contributed by atoms with van der Waals surface area (Å²) in [6.45, 7) is -1.20. The Bertz CT molecular complexity index is 1430. The van der Waals surface area contributed by atoms with Gasteiger partial charge < -0.3 is 15.7 Å². The summed E-state index contributed by atoms with van der Waals surface area (Å²) in [7, 11) is 0. The van der Waals surface area contributed by atoms with E-state index < -0.39 is 30.4 Å². The van der Waals surface area contributed by atoms with Gasteiger partial charge in [0.1, 0.15) is 0 Å². The molecule has 1 aliphatic rings. The molecule has 0 radical (unpaired) electrons. The monoisotopic (exact) mass is 560 g/mol. The number of nitriles is 1. The van der Waals surface area contributed by atoms with Gasteiger partial charge in [-0.15, -0.1) is 0 Å². The zero-order valence-electron chi connectivity index (χ0n) is 22.3. The number of carboxylic acid groups (broad SMARTS) is 1. The molecule has 0 aliphatic heterocycles. The Balaban J connectivity index is 1.52. The smallest absolute Gasteiger partial charge is 0.376 e. The van der Waals surface area contributed by atoms with Gasteiger partial charge in [0.25, 0.3) is 5.91 Å². The fourth-order valence-corrected chi connectivity index (χ4v) is 4.81. The lowest BCUT2D eigenvalue weighted by atomic mass is 9.84. The van der Waals surface area contributed by atoms with Crippen LogP contribution >= 0.6 is 0 Å². The highest BCUT2D eigenvalue weighted by Gasteiger charge is 2.39. The van der Waals surface area contributed by atoms with Crippen LogP contribution in [-0.2, 0) is 11.3 Å². The molecule has 3 N–H and O–H groups in total. The maximum absolute atomic E-state index is 13.5. The minimum atomic E-state index is -4.08. The predicted molar refractivity (Wildman–Crippen MR) is 150 cm³/mol. The van der Waals surface area contributed by atoms with Gasteiger partial charge in [0.2, 0.25) is 0 Å². The number of carbonyl (C=O) groups is 3. The first-order valence-corrected chi connectivity index (χ1v) is 13.3. The molecule has 0 bridgehead atoms. The number of hydrogen-bond donors (Lipinski definition) is 3. The second-order valence-corrected chi connectivity index (χ2v) is 10.0. The summed E-state index contributed by atoms with van der Waals surface area (Å²) < 4.78 is 26.6. The fraction of sp³-hybridized carbons (Fsp3) is 0.290. The molecule has 1 fully saturated rings. The normalized spacial score (nSPS) is 13.6.